The van der Waals surface area contributed by atoms with E-state index in [1.807, 2.05) is 6.92 Å². The molecule has 0 rings (SSSR count). The van der Waals surface area contributed by atoms with Crippen LogP contribution in [0.2, 0.25) is 0 Å². The van der Waals surface area contributed by atoms with E-state index >= 15 is 0 Å². The quantitative estimate of drug-likeness (QED) is 0.417. The van der Waals surface area contributed by atoms with E-state index in [0.29, 0.717) is 25.8 Å². The van der Waals surface area contributed by atoms with E-state index in [0.717, 1.165) is 6.54 Å². The fraction of sp³-hybridized carbons (Fsp3) is 1.00. The first-order valence-corrected chi connectivity index (χ1v) is 3.93. The number of nitrogens with one attached hydrogen (secondary N) is 1. The average molecular weight is 162 g/mol. The molecule has 1 unspecified atom stereocenters. The van der Waals surface area contributed by atoms with Gasteiger partial charge in [0.1, 0.15) is 0 Å². The van der Waals surface area contributed by atoms with Crippen molar-refractivity contribution < 1.29 is 9.84 Å². The molecule has 0 aromatic rings. The number of hydrogen-bond acceptors (Lipinski definition) is 4. The molecule has 0 radical (unpaired) electrons. The van der Waals surface area contributed by atoms with Crippen LogP contribution in [0.5, 0.6) is 0 Å². The van der Waals surface area contributed by atoms with Crippen molar-refractivity contribution in [3.8, 4) is 0 Å². The van der Waals surface area contributed by atoms with E-state index in [9.17, 15) is 0 Å². The van der Waals surface area contributed by atoms with Gasteiger partial charge in [0.15, 0.2) is 0 Å². The maximum Gasteiger partial charge on any atom is 0.0698 e. The summed E-state index contributed by atoms with van der Waals surface area (Å²) in [7, 11) is 0. The van der Waals surface area contributed by atoms with Gasteiger partial charge >= 0.3 is 0 Å². The summed E-state index contributed by atoms with van der Waals surface area (Å²) in [6.07, 6.45) is 0. The van der Waals surface area contributed by atoms with Crippen molar-refractivity contribution >= 4 is 0 Å². The third-order valence-electron chi connectivity index (χ3n) is 1.33. The van der Waals surface area contributed by atoms with E-state index < -0.39 is 0 Å². The lowest BCUT2D eigenvalue weighted by Crippen LogP contribution is -2.35. The average Bonchev–Trinajstić information content (AvgIpc) is 2.04. The molecule has 0 aliphatic rings. The SMILES string of the molecule is CC(CN)NCCOCCO. The first kappa shape index (κ1) is 10.8. The van der Waals surface area contributed by atoms with Crippen molar-refractivity contribution in [1.29, 1.82) is 0 Å². The highest BCUT2D eigenvalue weighted by Crippen LogP contribution is 1.76. The molecule has 4 N–H and O–H groups in total. The largest absolute Gasteiger partial charge is 0.394 e. The van der Waals surface area contributed by atoms with Crippen LogP contribution in [0.4, 0.5) is 0 Å². The van der Waals surface area contributed by atoms with Gasteiger partial charge in [0.25, 0.3) is 0 Å². The van der Waals surface area contributed by atoms with Crippen LogP contribution in [0.25, 0.3) is 0 Å². The summed E-state index contributed by atoms with van der Waals surface area (Å²) in [5, 5.41) is 11.5. The summed E-state index contributed by atoms with van der Waals surface area (Å²) in [4.78, 5) is 0. The van der Waals surface area contributed by atoms with Crippen LogP contribution >= 0.6 is 0 Å². The van der Waals surface area contributed by atoms with Crippen molar-refractivity contribution in [1.82, 2.24) is 5.32 Å². The van der Waals surface area contributed by atoms with E-state index in [1.165, 1.54) is 0 Å². The Bertz CT molecular complexity index is 80.8. The number of nitrogens with two attached hydrogens (primary N) is 1. The molecule has 4 heteroatoms. The molecule has 68 valence electrons. The summed E-state index contributed by atoms with van der Waals surface area (Å²) < 4.78 is 5.02. The van der Waals surface area contributed by atoms with Crippen molar-refractivity contribution in [2.24, 2.45) is 5.73 Å². The lowest BCUT2D eigenvalue weighted by molar-refractivity contribution is 0.0929. The highest BCUT2D eigenvalue weighted by atomic mass is 16.5. The molecular formula is C7H18N2O2. The molecule has 0 aromatic heterocycles. The summed E-state index contributed by atoms with van der Waals surface area (Å²) in [5.41, 5.74) is 5.37. The van der Waals surface area contributed by atoms with E-state index in [2.05, 4.69) is 5.32 Å². The Morgan fingerprint density at radius 1 is 1.55 bits per heavy atom. The molecule has 0 heterocycles. The monoisotopic (exact) mass is 162 g/mol. The Morgan fingerprint density at radius 2 is 2.27 bits per heavy atom. The van der Waals surface area contributed by atoms with Gasteiger partial charge in [-0.05, 0) is 6.92 Å². The van der Waals surface area contributed by atoms with E-state index in [1.54, 1.807) is 0 Å². The van der Waals surface area contributed by atoms with Gasteiger partial charge in [-0.3, -0.25) is 0 Å². The van der Waals surface area contributed by atoms with Crippen LogP contribution < -0.4 is 11.1 Å². The Balaban J connectivity index is 2.89. The predicted molar refractivity (Wildman–Crippen MR) is 44.4 cm³/mol. The molecular weight excluding hydrogens is 144 g/mol. The molecule has 0 saturated heterocycles. The van der Waals surface area contributed by atoms with Gasteiger partial charge in [0.05, 0.1) is 19.8 Å². The summed E-state index contributed by atoms with van der Waals surface area (Å²) in [6, 6.07) is 0.340. The molecule has 0 aliphatic heterocycles. The molecule has 1 atom stereocenters. The number of aliphatic hydroxyl groups excluding tert-OH is 1. The van der Waals surface area contributed by atoms with Crippen molar-refractivity contribution in [2.75, 3.05) is 32.9 Å². The summed E-state index contributed by atoms with van der Waals surface area (Å²) >= 11 is 0. The van der Waals surface area contributed by atoms with Crippen LogP contribution in [-0.2, 0) is 4.74 Å². The van der Waals surface area contributed by atoms with E-state index in [-0.39, 0.29) is 6.61 Å². The highest BCUT2D eigenvalue weighted by molar-refractivity contribution is 4.59. The molecule has 11 heavy (non-hydrogen) atoms. The number of rotatable bonds is 7. The van der Waals surface area contributed by atoms with Gasteiger partial charge in [-0.25, -0.2) is 0 Å². The predicted octanol–water partition coefficient (Wildman–Crippen LogP) is -1.07. The van der Waals surface area contributed by atoms with Gasteiger partial charge in [-0.2, -0.15) is 0 Å². The number of aliphatic hydroxyl groups is 1. The van der Waals surface area contributed by atoms with Crippen LogP contribution in [0.1, 0.15) is 6.92 Å². The summed E-state index contributed by atoms with van der Waals surface area (Å²) in [5.74, 6) is 0. The van der Waals surface area contributed by atoms with Crippen molar-refractivity contribution in [3.63, 3.8) is 0 Å². The minimum atomic E-state index is 0.0897. The number of hydrogen-bond donors (Lipinski definition) is 3. The molecule has 0 fully saturated rings. The second kappa shape index (κ2) is 7.94. The Morgan fingerprint density at radius 3 is 2.82 bits per heavy atom. The second-order valence-electron chi connectivity index (χ2n) is 2.43. The zero-order valence-corrected chi connectivity index (χ0v) is 7.05. The molecule has 4 nitrogen and oxygen atoms in total. The third kappa shape index (κ3) is 7.74. The molecule has 0 bridgehead atoms. The zero-order chi connectivity index (χ0) is 8.53. The van der Waals surface area contributed by atoms with Crippen LogP contribution in [0.15, 0.2) is 0 Å². The lowest BCUT2D eigenvalue weighted by Gasteiger charge is -2.10. The van der Waals surface area contributed by atoms with Gasteiger partial charge < -0.3 is 20.9 Å². The fourth-order valence-electron chi connectivity index (χ4n) is 0.627. The van der Waals surface area contributed by atoms with Crippen molar-refractivity contribution in [2.45, 2.75) is 13.0 Å². The normalized spacial score (nSPS) is 13.4. The minimum absolute atomic E-state index is 0.0897. The van der Waals surface area contributed by atoms with Gasteiger partial charge in [-0.15, -0.1) is 0 Å². The molecule has 0 spiro atoms. The second-order valence-corrected chi connectivity index (χ2v) is 2.43. The lowest BCUT2D eigenvalue weighted by atomic mass is 10.3. The Labute approximate surface area is 67.7 Å². The van der Waals surface area contributed by atoms with Gasteiger partial charge in [0.2, 0.25) is 0 Å². The standard InChI is InChI=1S/C7H18N2O2/c1-7(6-8)9-2-4-11-5-3-10/h7,9-10H,2-6,8H2,1H3. The minimum Gasteiger partial charge on any atom is -0.394 e. The first-order valence-electron chi connectivity index (χ1n) is 3.93. The molecule has 0 amide bonds. The van der Waals surface area contributed by atoms with Crippen LogP contribution in [0, 0.1) is 0 Å². The molecule has 0 saturated carbocycles. The van der Waals surface area contributed by atoms with Gasteiger partial charge in [-0.1, -0.05) is 0 Å². The van der Waals surface area contributed by atoms with Crippen molar-refractivity contribution in [3.05, 3.63) is 0 Å². The summed E-state index contributed by atoms with van der Waals surface area (Å²) in [6.45, 7) is 4.58. The first-order chi connectivity index (χ1) is 5.31. The van der Waals surface area contributed by atoms with Crippen LogP contribution in [0.3, 0.4) is 0 Å². The molecule has 0 aromatic carbocycles. The Kier molecular flexibility index (Phi) is 7.83. The zero-order valence-electron chi connectivity index (χ0n) is 7.05. The van der Waals surface area contributed by atoms with E-state index in [4.69, 9.17) is 15.6 Å². The fourth-order valence-corrected chi connectivity index (χ4v) is 0.627. The van der Waals surface area contributed by atoms with Gasteiger partial charge in [0, 0.05) is 19.1 Å². The topological polar surface area (TPSA) is 67.5 Å². The Hall–Kier alpha value is -0.160. The third-order valence-corrected chi connectivity index (χ3v) is 1.33. The number of ether oxygens (including phenoxy) is 1. The van der Waals surface area contributed by atoms with Crippen LogP contribution in [-0.4, -0.2) is 44.1 Å². The molecule has 0 aliphatic carbocycles. The maximum atomic E-state index is 8.36. The smallest absolute Gasteiger partial charge is 0.0698 e. The maximum absolute atomic E-state index is 8.36. The highest BCUT2D eigenvalue weighted by Gasteiger charge is 1.95.